The van der Waals surface area contributed by atoms with Crippen LogP contribution in [0.25, 0.3) is 16.8 Å². The van der Waals surface area contributed by atoms with E-state index in [-0.39, 0.29) is 0 Å². The summed E-state index contributed by atoms with van der Waals surface area (Å²) >= 11 is 0. The molecular formula is C38H44N3+. The standard InChI is InChI=1S/C38H44N3/c1-26(2)31-22-33(27(3)4)38(34(23-31)28(5)6)37-19-13-18-32-24-39(25-40(32)37)41-35(29-14-9-7-10-15-29)20-21-36(41)30-16-11-8-12-17-30/h7-19,22-28,35-36H,20-21H2,1-6H3/q+1/t35-,36-/m0/s1. The van der Waals surface area contributed by atoms with Crippen LogP contribution in [0.1, 0.15) is 112 Å². The summed E-state index contributed by atoms with van der Waals surface area (Å²) in [7, 11) is 0. The van der Waals surface area contributed by atoms with Crippen molar-refractivity contribution in [2.45, 2.75) is 84.2 Å². The SMILES string of the molecule is CC(C)c1cc(C(C)C)c(-c2cccc3cn(N4[C@H](c5ccccc5)CC[C@H]4c4ccccc4)c[n+]23)c(C(C)C)c1. The number of fused-ring (bicyclic) bond motifs is 1. The van der Waals surface area contributed by atoms with E-state index in [4.69, 9.17) is 0 Å². The Morgan fingerprint density at radius 3 is 1.66 bits per heavy atom. The molecule has 0 N–H and O–H groups in total. The highest BCUT2D eigenvalue weighted by atomic mass is 15.6. The third-order valence-electron chi connectivity index (χ3n) is 8.93. The molecule has 2 aromatic heterocycles. The number of aromatic nitrogens is 2. The summed E-state index contributed by atoms with van der Waals surface area (Å²) in [4.78, 5) is 0. The number of pyridine rings is 1. The summed E-state index contributed by atoms with van der Waals surface area (Å²) in [5.74, 6) is 1.37. The van der Waals surface area contributed by atoms with Crippen LogP contribution in [-0.4, -0.2) is 4.68 Å². The molecule has 3 heterocycles. The fraction of sp³-hybridized carbons (Fsp3) is 0.342. The zero-order valence-electron chi connectivity index (χ0n) is 25.5. The Labute approximate surface area is 246 Å². The van der Waals surface area contributed by atoms with Crippen molar-refractivity contribution >= 4 is 5.52 Å². The van der Waals surface area contributed by atoms with Crippen LogP contribution in [0.3, 0.4) is 0 Å². The van der Waals surface area contributed by atoms with Crippen molar-refractivity contribution in [2.24, 2.45) is 0 Å². The van der Waals surface area contributed by atoms with Gasteiger partial charge in [0.2, 0.25) is 0 Å². The fourth-order valence-electron chi connectivity index (χ4n) is 6.75. The zero-order valence-corrected chi connectivity index (χ0v) is 25.5. The molecule has 3 nitrogen and oxygen atoms in total. The molecule has 1 aliphatic heterocycles. The lowest BCUT2D eigenvalue weighted by atomic mass is 9.83. The number of hydrogen-bond donors (Lipinski definition) is 0. The molecule has 6 rings (SSSR count). The molecule has 210 valence electrons. The second-order valence-electron chi connectivity index (χ2n) is 12.7. The van der Waals surface area contributed by atoms with Gasteiger partial charge in [0.1, 0.15) is 5.69 Å². The van der Waals surface area contributed by atoms with Crippen molar-refractivity contribution in [3.05, 3.63) is 131 Å². The molecule has 0 saturated carbocycles. The number of hydrogen-bond acceptors (Lipinski definition) is 1. The van der Waals surface area contributed by atoms with Gasteiger partial charge in [-0.05, 0) is 70.5 Å². The average molecular weight is 543 g/mol. The van der Waals surface area contributed by atoms with E-state index in [1.165, 1.54) is 44.6 Å². The first-order valence-electron chi connectivity index (χ1n) is 15.4. The van der Waals surface area contributed by atoms with Crippen LogP contribution in [-0.2, 0) is 0 Å². The van der Waals surface area contributed by atoms with E-state index in [9.17, 15) is 0 Å². The summed E-state index contributed by atoms with van der Waals surface area (Å²) in [6.45, 7) is 14.0. The molecular weight excluding hydrogens is 498 g/mol. The minimum Gasteiger partial charge on any atom is -0.229 e. The van der Waals surface area contributed by atoms with Gasteiger partial charge >= 0.3 is 0 Å². The van der Waals surface area contributed by atoms with E-state index in [0.717, 1.165) is 12.8 Å². The summed E-state index contributed by atoms with van der Waals surface area (Å²) in [6, 6.07) is 34.4. The third kappa shape index (κ3) is 5.07. The van der Waals surface area contributed by atoms with Gasteiger partial charge in [0.15, 0.2) is 11.7 Å². The van der Waals surface area contributed by atoms with Crippen molar-refractivity contribution in [1.82, 2.24) is 4.68 Å². The molecule has 1 aliphatic rings. The van der Waals surface area contributed by atoms with Crippen molar-refractivity contribution in [3.63, 3.8) is 0 Å². The second kappa shape index (κ2) is 11.2. The van der Waals surface area contributed by atoms with Gasteiger partial charge in [0, 0.05) is 5.56 Å². The first kappa shape index (κ1) is 27.3. The Morgan fingerprint density at radius 2 is 1.17 bits per heavy atom. The molecule has 0 radical (unpaired) electrons. The first-order valence-corrected chi connectivity index (χ1v) is 15.4. The lowest BCUT2D eigenvalue weighted by Gasteiger charge is -2.28. The van der Waals surface area contributed by atoms with Crippen molar-refractivity contribution in [2.75, 3.05) is 5.01 Å². The molecule has 0 spiro atoms. The Hall–Kier alpha value is -3.85. The van der Waals surface area contributed by atoms with Crippen LogP contribution in [0.5, 0.6) is 0 Å². The van der Waals surface area contributed by atoms with Crippen LogP contribution in [0.4, 0.5) is 0 Å². The maximum absolute atomic E-state index is 2.61. The van der Waals surface area contributed by atoms with E-state index < -0.39 is 0 Å². The Bertz CT molecular complexity index is 1550. The van der Waals surface area contributed by atoms with Crippen LogP contribution in [0, 0.1) is 0 Å². The Morgan fingerprint density at radius 1 is 0.634 bits per heavy atom. The largest absolute Gasteiger partial charge is 0.273 e. The molecule has 0 unspecified atom stereocenters. The summed E-state index contributed by atoms with van der Waals surface area (Å²) in [5.41, 5.74) is 11.0. The minimum absolute atomic E-state index is 0.315. The van der Waals surface area contributed by atoms with Gasteiger partial charge in [-0.25, -0.2) is 5.01 Å². The van der Waals surface area contributed by atoms with Crippen LogP contribution in [0.2, 0.25) is 0 Å². The van der Waals surface area contributed by atoms with Crippen LogP contribution < -0.4 is 9.41 Å². The van der Waals surface area contributed by atoms with Gasteiger partial charge in [0.25, 0.3) is 6.33 Å². The maximum Gasteiger partial charge on any atom is 0.273 e. The molecule has 1 saturated heterocycles. The molecule has 3 heteroatoms. The average Bonchev–Trinajstić information content (AvgIpc) is 3.62. The highest BCUT2D eigenvalue weighted by molar-refractivity contribution is 5.69. The van der Waals surface area contributed by atoms with E-state index in [0.29, 0.717) is 29.8 Å². The lowest BCUT2D eigenvalue weighted by Crippen LogP contribution is -2.36. The minimum atomic E-state index is 0.315. The number of nitrogens with zero attached hydrogens (tertiary/aromatic N) is 3. The van der Waals surface area contributed by atoms with E-state index in [2.05, 4.69) is 159 Å². The third-order valence-corrected chi connectivity index (χ3v) is 8.93. The number of imidazole rings is 1. The smallest absolute Gasteiger partial charge is 0.229 e. The lowest BCUT2D eigenvalue weighted by molar-refractivity contribution is -0.500. The van der Waals surface area contributed by atoms with Gasteiger partial charge < -0.3 is 0 Å². The normalized spacial score (nSPS) is 17.4. The highest BCUT2D eigenvalue weighted by Gasteiger charge is 2.39. The maximum atomic E-state index is 2.61. The van der Waals surface area contributed by atoms with Crippen LogP contribution >= 0.6 is 0 Å². The quantitative estimate of drug-likeness (QED) is 0.187. The van der Waals surface area contributed by atoms with Gasteiger partial charge in [0.05, 0.1) is 12.1 Å². The van der Waals surface area contributed by atoms with E-state index >= 15 is 0 Å². The van der Waals surface area contributed by atoms with Gasteiger partial charge in [-0.3, -0.25) is 0 Å². The first-order chi connectivity index (χ1) is 19.8. The molecule has 41 heavy (non-hydrogen) atoms. The molecule has 1 fully saturated rings. The second-order valence-corrected chi connectivity index (χ2v) is 12.7. The molecule has 5 aromatic rings. The summed E-state index contributed by atoms with van der Waals surface area (Å²) in [5, 5.41) is 2.61. The van der Waals surface area contributed by atoms with Crippen LogP contribution in [0.15, 0.2) is 104 Å². The highest BCUT2D eigenvalue weighted by Crippen LogP contribution is 2.43. The van der Waals surface area contributed by atoms with Gasteiger partial charge in [-0.2, -0.15) is 4.40 Å². The molecule has 0 bridgehead atoms. The Kier molecular flexibility index (Phi) is 7.46. The monoisotopic (exact) mass is 542 g/mol. The van der Waals surface area contributed by atoms with Gasteiger partial charge in [-0.15, -0.1) is 4.68 Å². The number of benzene rings is 3. The zero-order chi connectivity index (χ0) is 28.7. The van der Waals surface area contributed by atoms with Gasteiger partial charge in [-0.1, -0.05) is 120 Å². The summed E-state index contributed by atoms with van der Waals surface area (Å²) < 4.78 is 4.80. The van der Waals surface area contributed by atoms with Crippen molar-refractivity contribution < 1.29 is 4.40 Å². The predicted octanol–water partition coefficient (Wildman–Crippen LogP) is 9.48. The molecule has 3 aromatic carbocycles. The predicted molar refractivity (Wildman–Crippen MR) is 171 cm³/mol. The fourth-order valence-corrected chi connectivity index (χ4v) is 6.75. The number of rotatable bonds is 7. The summed E-state index contributed by atoms with van der Waals surface area (Å²) in [6.07, 6.45) is 6.91. The van der Waals surface area contributed by atoms with Crippen molar-refractivity contribution in [3.8, 4) is 11.3 Å². The molecule has 0 amide bonds. The molecule has 0 aliphatic carbocycles. The molecule has 2 atom stereocenters. The topological polar surface area (TPSA) is 12.3 Å². The van der Waals surface area contributed by atoms with Crippen molar-refractivity contribution in [1.29, 1.82) is 0 Å². The van der Waals surface area contributed by atoms with E-state index in [1.807, 2.05) is 0 Å². The van der Waals surface area contributed by atoms with E-state index in [1.54, 1.807) is 0 Å². The Balaban J connectivity index is 1.54.